The zero-order chi connectivity index (χ0) is 37.1. The van der Waals surface area contributed by atoms with Crippen LogP contribution in [0.4, 0.5) is 0 Å². The van der Waals surface area contributed by atoms with Crippen molar-refractivity contribution in [2.24, 2.45) is 0 Å². The van der Waals surface area contributed by atoms with E-state index >= 15 is 0 Å². The standard InChI is InChI=1S/C23H17.C17H17.C13H10.Zr/c1-4-10-18(11-5-1)21-16-17-22(19-12-6-2-7-13-19)23(21)20-14-8-3-9-15-20;1-3-12-5-7-16-14(9-12)11-15-10-13(4-2)6-8-17(15)16;1-3-7-12(8-4-1)11-13-9-5-2-6-10-13;/h1-16,22H;5-11H,3-4H2,1-2H3;1-10H;/q2*-1;;+2. The molecule has 0 aromatic heterocycles. The van der Waals surface area contributed by atoms with Gasteiger partial charge in [0.25, 0.3) is 0 Å². The Labute approximate surface area is 335 Å². The molecular formula is C53H44Zr. The molecule has 0 amide bonds. The van der Waals surface area contributed by atoms with Gasteiger partial charge >= 0.3 is 99.2 Å². The average molecular weight is 772 g/mol. The summed E-state index contributed by atoms with van der Waals surface area (Å²) in [5.74, 6) is 0.189. The van der Waals surface area contributed by atoms with Crippen molar-refractivity contribution in [1.82, 2.24) is 0 Å². The van der Waals surface area contributed by atoms with E-state index in [2.05, 4.69) is 220 Å². The van der Waals surface area contributed by atoms with Gasteiger partial charge in [-0.2, -0.15) is 5.57 Å². The molecule has 0 nitrogen and oxygen atoms in total. The topological polar surface area (TPSA) is 0 Å². The van der Waals surface area contributed by atoms with Crippen LogP contribution in [0.5, 0.6) is 0 Å². The monoisotopic (exact) mass is 770 g/mol. The molecule has 0 N–H and O–H groups in total. The van der Waals surface area contributed by atoms with Crippen molar-refractivity contribution < 1.29 is 24.2 Å². The van der Waals surface area contributed by atoms with Gasteiger partial charge in [0.1, 0.15) is 0 Å². The normalized spacial score (nSPS) is 13.3. The Balaban J connectivity index is 0.000000130. The van der Waals surface area contributed by atoms with Gasteiger partial charge in [0, 0.05) is 0 Å². The van der Waals surface area contributed by atoms with Gasteiger partial charge in [0.2, 0.25) is 0 Å². The van der Waals surface area contributed by atoms with Gasteiger partial charge in [-0.05, 0) is 18.4 Å². The number of aryl methyl sites for hydroxylation is 2. The maximum atomic E-state index is 3.57. The van der Waals surface area contributed by atoms with Gasteiger partial charge in [-0.3, -0.25) is 6.08 Å². The minimum absolute atomic E-state index is 0.189. The Morgan fingerprint density at radius 2 is 0.944 bits per heavy atom. The SMILES string of the molecule is CCc1ccc2c(c1)[cH-]c1cc(CC)ccc12.[C-]1=CC(c2ccccc2)=C(c2ccccc2)C1c1ccccc1.[Zr+2]=[C](c1ccccc1)c1ccccc1. The van der Waals surface area contributed by atoms with Gasteiger partial charge in [-0.1, -0.05) is 152 Å². The number of fused-ring (bicyclic) bond motifs is 3. The van der Waals surface area contributed by atoms with E-state index in [-0.39, 0.29) is 5.92 Å². The fraction of sp³-hybridized carbons (Fsp3) is 0.0943. The number of hydrogen-bond acceptors (Lipinski definition) is 0. The first-order valence-corrected chi connectivity index (χ1v) is 20.2. The molecule has 1 atom stereocenters. The summed E-state index contributed by atoms with van der Waals surface area (Å²) in [5.41, 5.74) is 11.9. The molecule has 260 valence electrons. The predicted octanol–water partition coefficient (Wildman–Crippen LogP) is 13.4. The van der Waals surface area contributed by atoms with Crippen LogP contribution in [0.3, 0.4) is 0 Å². The first-order chi connectivity index (χ1) is 26.6. The molecule has 1 heteroatoms. The van der Waals surface area contributed by atoms with E-state index in [9.17, 15) is 0 Å². The van der Waals surface area contributed by atoms with Crippen LogP contribution in [0.1, 0.15) is 58.7 Å². The summed E-state index contributed by atoms with van der Waals surface area (Å²) >= 11 is 1.46. The number of rotatable bonds is 7. The predicted molar refractivity (Wildman–Crippen MR) is 229 cm³/mol. The molecular weight excluding hydrogens is 728 g/mol. The molecule has 0 saturated carbocycles. The van der Waals surface area contributed by atoms with E-state index in [4.69, 9.17) is 0 Å². The van der Waals surface area contributed by atoms with Crippen LogP contribution in [0, 0.1) is 6.08 Å². The Bertz CT molecular complexity index is 2390. The summed E-state index contributed by atoms with van der Waals surface area (Å²) in [6.07, 6.45) is 7.94. The third-order valence-corrected chi connectivity index (χ3v) is 11.5. The van der Waals surface area contributed by atoms with Crippen molar-refractivity contribution >= 4 is 35.9 Å². The Morgan fingerprint density at radius 3 is 1.41 bits per heavy atom. The van der Waals surface area contributed by atoms with Gasteiger partial charge < -0.3 is 0 Å². The van der Waals surface area contributed by atoms with Crippen LogP contribution in [0.15, 0.2) is 200 Å². The second-order valence-corrected chi connectivity index (χ2v) is 14.7. The molecule has 1 aliphatic rings. The molecule has 0 aliphatic heterocycles. The summed E-state index contributed by atoms with van der Waals surface area (Å²) in [5, 5.41) is 5.54. The van der Waals surface area contributed by atoms with E-state index in [1.165, 1.54) is 99.1 Å². The van der Waals surface area contributed by atoms with Gasteiger partial charge in [-0.25, -0.2) is 6.08 Å². The van der Waals surface area contributed by atoms with Crippen molar-refractivity contribution in [2.75, 3.05) is 0 Å². The second kappa shape index (κ2) is 18.1. The Hall–Kier alpha value is -5.36. The number of hydrogen-bond donors (Lipinski definition) is 0. The van der Waals surface area contributed by atoms with Gasteiger partial charge in [0.15, 0.2) is 0 Å². The molecule has 0 heterocycles. The zero-order valence-electron chi connectivity index (χ0n) is 31.0. The van der Waals surface area contributed by atoms with Crippen molar-refractivity contribution in [3.05, 3.63) is 245 Å². The van der Waals surface area contributed by atoms with E-state index in [0.717, 1.165) is 12.8 Å². The average Bonchev–Trinajstić information content (AvgIpc) is 3.87. The second-order valence-electron chi connectivity index (χ2n) is 13.5. The van der Waals surface area contributed by atoms with Crippen LogP contribution in [-0.4, -0.2) is 3.21 Å². The number of allylic oxidation sites excluding steroid dienone is 4. The maximum absolute atomic E-state index is 3.57. The van der Waals surface area contributed by atoms with E-state index in [1.54, 1.807) is 0 Å². The molecule has 0 radical (unpaired) electrons. The molecule has 0 fully saturated rings. The van der Waals surface area contributed by atoms with E-state index in [0.29, 0.717) is 0 Å². The minimum atomic E-state index is 0.189. The molecule has 1 aliphatic carbocycles. The summed E-state index contributed by atoms with van der Waals surface area (Å²) in [6.45, 7) is 4.41. The Kier molecular flexibility index (Phi) is 12.4. The first-order valence-electron chi connectivity index (χ1n) is 18.9. The zero-order valence-corrected chi connectivity index (χ0v) is 33.5. The third-order valence-electron chi connectivity index (χ3n) is 10.1. The van der Waals surface area contributed by atoms with Crippen LogP contribution in [-0.2, 0) is 37.1 Å². The molecule has 1 unspecified atom stereocenters. The molecule has 0 spiro atoms. The van der Waals surface area contributed by atoms with Crippen molar-refractivity contribution in [2.45, 2.75) is 32.6 Å². The molecule has 9 rings (SSSR count). The van der Waals surface area contributed by atoms with Crippen LogP contribution >= 0.6 is 0 Å². The molecule has 8 aromatic carbocycles. The van der Waals surface area contributed by atoms with Crippen molar-refractivity contribution in [3.63, 3.8) is 0 Å². The van der Waals surface area contributed by atoms with Crippen LogP contribution in [0.2, 0.25) is 0 Å². The Morgan fingerprint density at radius 1 is 0.519 bits per heavy atom. The summed E-state index contributed by atoms with van der Waals surface area (Å²) < 4.78 is 1.42. The quantitative estimate of drug-likeness (QED) is 0.142. The summed E-state index contributed by atoms with van der Waals surface area (Å²) in [7, 11) is 0. The molecule has 54 heavy (non-hydrogen) atoms. The molecule has 0 bridgehead atoms. The van der Waals surface area contributed by atoms with Crippen LogP contribution < -0.4 is 0 Å². The fourth-order valence-corrected chi connectivity index (χ4v) is 7.94. The van der Waals surface area contributed by atoms with Crippen molar-refractivity contribution in [3.8, 4) is 0 Å². The van der Waals surface area contributed by atoms with E-state index < -0.39 is 0 Å². The van der Waals surface area contributed by atoms with Gasteiger partial charge in [0.05, 0.1) is 0 Å². The first kappa shape index (κ1) is 37.0. The van der Waals surface area contributed by atoms with Crippen molar-refractivity contribution in [1.29, 1.82) is 0 Å². The summed E-state index contributed by atoms with van der Waals surface area (Å²) in [4.78, 5) is 0. The molecule has 8 aromatic rings. The third kappa shape index (κ3) is 8.71. The number of benzene rings is 7. The van der Waals surface area contributed by atoms with Crippen LogP contribution in [0.25, 0.3) is 32.7 Å². The summed E-state index contributed by atoms with van der Waals surface area (Å²) in [6, 6.07) is 68.9. The fourth-order valence-electron chi connectivity index (χ4n) is 7.13. The van der Waals surface area contributed by atoms with Gasteiger partial charge in [-0.15, -0.1) is 50.9 Å². The van der Waals surface area contributed by atoms with E-state index in [1.807, 2.05) is 0 Å². The molecule has 0 saturated heterocycles.